The summed E-state index contributed by atoms with van der Waals surface area (Å²) in [4.78, 5) is 43.1. The number of nitrogens with one attached hydrogen (secondary N) is 1. The van der Waals surface area contributed by atoms with Gasteiger partial charge < -0.3 is 5.32 Å². The number of halogens is 2. The van der Waals surface area contributed by atoms with Crippen LogP contribution in [0.15, 0.2) is 27.8 Å². The van der Waals surface area contributed by atoms with Gasteiger partial charge in [-0.3, -0.25) is 23.6 Å². The first-order chi connectivity index (χ1) is 14.6. The second-order valence-corrected chi connectivity index (χ2v) is 7.24. The highest BCUT2D eigenvalue weighted by Crippen LogP contribution is 2.11. The third kappa shape index (κ3) is 4.48. The molecule has 2 aromatic heterocycles. The van der Waals surface area contributed by atoms with Crippen LogP contribution in [-0.2, 0) is 24.9 Å². The lowest BCUT2D eigenvalue weighted by atomic mass is 10.2. The lowest BCUT2D eigenvalue weighted by Gasteiger charge is -2.18. The first kappa shape index (κ1) is 22.2. The van der Waals surface area contributed by atoms with E-state index in [2.05, 4.69) is 20.5 Å². The van der Waals surface area contributed by atoms with Gasteiger partial charge in [-0.1, -0.05) is 6.07 Å². The highest BCUT2D eigenvalue weighted by Gasteiger charge is 2.18. The Morgan fingerprint density at radius 1 is 1.19 bits per heavy atom. The minimum Gasteiger partial charge on any atom is -0.347 e. The fraction of sp³-hybridized carbons (Fsp3) is 0.368. The van der Waals surface area contributed by atoms with Crippen molar-refractivity contribution in [2.75, 3.05) is 14.1 Å². The summed E-state index contributed by atoms with van der Waals surface area (Å²) in [5.41, 5.74) is -1.35. The Morgan fingerprint density at radius 2 is 1.90 bits per heavy atom. The molecular formula is C19H21F2N7O3. The van der Waals surface area contributed by atoms with Crippen molar-refractivity contribution >= 4 is 17.1 Å². The van der Waals surface area contributed by atoms with Gasteiger partial charge in [-0.25, -0.2) is 18.6 Å². The molecule has 0 fully saturated rings. The van der Waals surface area contributed by atoms with Crippen LogP contribution in [-0.4, -0.2) is 55.3 Å². The Bertz CT molecular complexity index is 1270. The average Bonchev–Trinajstić information content (AvgIpc) is 2.75. The molecule has 0 bridgehead atoms. The summed E-state index contributed by atoms with van der Waals surface area (Å²) in [6.45, 7) is 1.49. The highest BCUT2D eigenvalue weighted by molar-refractivity contribution is 5.81. The molecule has 12 heteroatoms. The molecule has 1 aromatic carbocycles. The summed E-state index contributed by atoms with van der Waals surface area (Å²) in [6, 6.07) is 2.83. The number of likely N-dealkylation sites (N-methyl/N-ethyl adjacent to an activating group) is 1. The van der Waals surface area contributed by atoms with E-state index >= 15 is 0 Å². The van der Waals surface area contributed by atoms with Gasteiger partial charge in [0, 0.05) is 7.05 Å². The maximum atomic E-state index is 13.6. The van der Waals surface area contributed by atoms with E-state index in [0.29, 0.717) is 0 Å². The summed E-state index contributed by atoms with van der Waals surface area (Å²) >= 11 is 0. The first-order valence-electron chi connectivity index (χ1n) is 9.31. The molecule has 2 heterocycles. The molecule has 0 radical (unpaired) electrons. The van der Waals surface area contributed by atoms with Crippen molar-refractivity contribution in [3.8, 4) is 0 Å². The standard InChI is InChI=1S/C19H21F2N7O3/c1-10(26(2)3)17(29)22-8-14-23-15-16(25-24-14)28(19(31)27(4)18(15)30)9-11-5-6-12(20)13(21)7-11/h5-7,10H,8-9H2,1-4H3,(H,22,29). The molecule has 0 aliphatic rings. The van der Waals surface area contributed by atoms with E-state index in [1.807, 2.05) is 0 Å². The number of amides is 1. The molecule has 0 saturated carbocycles. The Balaban J connectivity index is 1.99. The number of hydrogen-bond donors (Lipinski definition) is 1. The maximum Gasteiger partial charge on any atom is 0.332 e. The van der Waals surface area contributed by atoms with Crippen molar-refractivity contribution in [1.82, 2.24) is 34.5 Å². The van der Waals surface area contributed by atoms with Crippen molar-refractivity contribution < 1.29 is 13.6 Å². The minimum absolute atomic E-state index is 0.0641. The number of hydrogen-bond acceptors (Lipinski definition) is 7. The van der Waals surface area contributed by atoms with Gasteiger partial charge in [0.25, 0.3) is 5.56 Å². The number of nitrogens with zero attached hydrogens (tertiary/aromatic N) is 6. The zero-order valence-electron chi connectivity index (χ0n) is 17.4. The van der Waals surface area contributed by atoms with Gasteiger partial charge in [0.15, 0.2) is 28.6 Å². The molecule has 1 N–H and O–H groups in total. The van der Waals surface area contributed by atoms with Crippen molar-refractivity contribution in [3.63, 3.8) is 0 Å². The lowest BCUT2D eigenvalue weighted by molar-refractivity contribution is -0.125. The Labute approximate surface area is 175 Å². The van der Waals surface area contributed by atoms with Crippen LogP contribution in [0.2, 0.25) is 0 Å². The van der Waals surface area contributed by atoms with Crippen LogP contribution in [0.1, 0.15) is 18.3 Å². The molecular weight excluding hydrogens is 412 g/mol. The summed E-state index contributed by atoms with van der Waals surface area (Å²) in [5.74, 6) is -2.25. The van der Waals surface area contributed by atoms with Gasteiger partial charge in [0.2, 0.25) is 5.91 Å². The molecule has 164 valence electrons. The van der Waals surface area contributed by atoms with Crippen LogP contribution in [0.4, 0.5) is 8.78 Å². The predicted molar refractivity (Wildman–Crippen MR) is 107 cm³/mol. The SMILES string of the molecule is CC(C(=O)NCc1nnc2c(n1)c(=O)n(C)c(=O)n2Cc1ccc(F)c(F)c1)N(C)C. The largest absolute Gasteiger partial charge is 0.347 e. The van der Waals surface area contributed by atoms with E-state index < -0.39 is 22.9 Å². The molecule has 0 aliphatic carbocycles. The molecule has 10 nitrogen and oxygen atoms in total. The summed E-state index contributed by atoms with van der Waals surface area (Å²) < 4.78 is 28.7. The zero-order chi connectivity index (χ0) is 22.9. The maximum absolute atomic E-state index is 13.6. The summed E-state index contributed by atoms with van der Waals surface area (Å²) in [6.07, 6.45) is 0. The Morgan fingerprint density at radius 3 is 2.55 bits per heavy atom. The summed E-state index contributed by atoms with van der Waals surface area (Å²) in [7, 11) is 4.79. The zero-order valence-corrected chi connectivity index (χ0v) is 17.4. The van der Waals surface area contributed by atoms with Gasteiger partial charge in [-0.15, -0.1) is 10.2 Å². The first-order valence-corrected chi connectivity index (χ1v) is 9.31. The van der Waals surface area contributed by atoms with Crippen LogP contribution in [0, 0.1) is 11.6 Å². The van der Waals surface area contributed by atoms with E-state index in [9.17, 15) is 23.2 Å². The number of fused-ring (bicyclic) bond motifs is 1. The molecule has 1 amide bonds. The van der Waals surface area contributed by atoms with Gasteiger partial charge in [-0.2, -0.15) is 0 Å². The van der Waals surface area contributed by atoms with E-state index in [-0.39, 0.29) is 47.6 Å². The van der Waals surface area contributed by atoms with Crippen molar-refractivity contribution in [1.29, 1.82) is 0 Å². The molecule has 31 heavy (non-hydrogen) atoms. The number of carbonyl (C=O) groups is 1. The van der Waals surface area contributed by atoms with E-state index in [1.165, 1.54) is 13.1 Å². The van der Waals surface area contributed by atoms with Gasteiger partial charge in [0.1, 0.15) is 0 Å². The molecule has 1 unspecified atom stereocenters. The molecule has 0 aliphatic heterocycles. The topological polar surface area (TPSA) is 115 Å². The normalized spacial score (nSPS) is 12.4. The van der Waals surface area contributed by atoms with Gasteiger partial charge in [-0.05, 0) is 38.7 Å². The highest BCUT2D eigenvalue weighted by atomic mass is 19.2. The van der Waals surface area contributed by atoms with Crippen LogP contribution >= 0.6 is 0 Å². The van der Waals surface area contributed by atoms with E-state index in [1.54, 1.807) is 25.9 Å². The minimum atomic E-state index is -1.06. The Hall–Kier alpha value is -3.54. The van der Waals surface area contributed by atoms with Crippen molar-refractivity contribution in [2.24, 2.45) is 7.05 Å². The second-order valence-electron chi connectivity index (χ2n) is 7.24. The van der Waals surface area contributed by atoms with Gasteiger partial charge >= 0.3 is 5.69 Å². The fourth-order valence-corrected chi connectivity index (χ4v) is 2.78. The van der Waals surface area contributed by atoms with E-state index in [4.69, 9.17) is 0 Å². The third-order valence-corrected chi connectivity index (χ3v) is 4.89. The molecule has 3 rings (SSSR count). The quantitative estimate of drug-likeness (QED) is 0.571. The Kier molecular flexibility index (Phi) is 6.20. The van der Waals surface area contributed by atoms with Crippen LogP contribution in [0.3, 0.4) is 0 Å². The predicted octanol–water partition coefficient (Wildman–Crippen LogP) is -0.222. The van der Waals surface area contributed by atoms with Gasteiger partial charge in [0.05, 0.1) is 19.1 Å². The average molecular weight is 433 g/mol. The van der Waals surface area contributed by atoms with Crippen LogP contribution in [0.5, 0.6) is 0 Å². The van der Waals surface area contributed by atoms with Crippen LogP contribution in [0.25, 0.3) is 11.2 Å². The number of benzene rings is 1. The monoisotopic (exact) mass is 433 g/mol. The van der Waals surface area contributed by atoms with Crippen LogP contribution < -0.4 is 16.6 Å². The number of aromatic nitrogens is 5. The fourth-order valence-electron chi connectivity index (χ4n) is 2.78. The lowest BCUT2D eigenvalue weighted by Crippen LogP contribution is -2.41. The number of carbonyl (C=O) groups excluding carboxylic acids is 1. The second kappa shape index (κ2) is 8.68. The molecule has 0 spiro atoms. The van der Waals surface area contributed by atoms with Crippen molar-refractivity contribution in [3.05, 3.63) is 62.1 Å². The molecule has 3 aromatic rings. The smallest absolute Gasteiger partial charge is 0.332 e. The van der Waals surface area contributed by atoms with Crippen molar-refractivity contribution in [2.45, 2.75) is 26.1 Å². The number of rotatable bonds is 6. The third-order valence-electron chi connectivity index (χ3n) is 4.89. The van der Waals surface area contributed by atoms with E-state index in [0.717, 1.165) is 21.3 Å². The summed E-state index contributed by atoms with van der Waals surface area (Å²) in [5, 5.41) is 10.5. The molecule has 0 saturated heterocycles. The molecule has 1 atom stereocenters.